The first-order chi connectivity index (χ1) is 4.13. The first kappa shape index (κ1) is 13.0. The number of rotatable bonds is 4. The molecule has 0 fully saturated rings. The quantitative estimate of drug-likeness (QED) is 0.667. The zero-order valence-corrected chi connectivity index (χ0v) is 11.1. The monoisotopic (exact) mass is 335 g/mol. The first-order valence-corrected chi connectivity index (χ1v) is 2.43. The maximum atomic E-state index is 9.75. The summed E-state index contributed by atoms with van der Waals surface area (Å²) in [5.74, 6) is -1.05. The normalized spacial score (nSPS) is 11.8. The molecule has 55 valence electrons. The molecule has 1 unspecified atom stereocenters. The van der Waals surface area contributed by atoms with Crippen LogP contribution in [0.15, 0.2) is 0 Å². The van der Waals surface area contributed by atoms with E-state index >= 15 is 0 Å². The van der Waals surface area contributed by atoms with E-state index in [1.54, 1.807) is 0 Å². The number of carboxylic acid groups (broad SMARTS) is 1. The summed E-state index contributed by atoms with van der Waals surface area (Å²) < 4.78 is 4.44. The summed E-state index contributed by atoms with van der Waals surface area (Å²) in [4.78, 5) is 9.75. The van der Waals surface area contributed by atoms with Crippen molar-refractivity contribution in [3.8, 4) is 0 Å². The van der Waals surface area contributed by atoms with Gasteiger partial charge in [-0.2, -0.15) is 0 Å². The Hall–Kier alpha value is 0.325. The van der Waals surface area contributed by atoms with E-state index in [0.29, 0.717) is 0 Å². The van der Waals surface area contributed by atoms with Crippen LogP contribution in [0.1, 0.15) is 0 Å². The van der Waals surface area contributed by atoms with E-state index < -0.39 is 12.1 Å². The second kappa shape index (κ2) is 7.43. The summed E-state index contributed by atoms with van der Waals surface area (Å²) in [6, 6.07) is 0. The fraction of sp³-hybridized carbons (Fsp3) is 0.600. The van der Waals surface area contributed by atoms with Gasteiger partial charge in [-0.3, -0.25) is 0 Å². The van der Waals surface area contributed by atoms with Crippen LogP contribution in [-0.4, -0.2) is 35.5 Å². The number of hydrogen-bond donors (Lipinski definition) is 2. The summed E-state index contributed by atoms with van der Waals surface area (Å²) in [5, 5.41) is 16.4. The molecule has 5 heteroatoms. The fourth-order valence-electron chi connectivity index (χ4n) is 0.282. The zero-order chi connectivity index (χ0) is 7.28. The van der Waals surface area contributed by atoms with Crippen LogP contribution in [0, 0.1) is 6.92 Å². The molecule has 0 rings (SSSR count). The van der Waals surface area contributed by atoms with Gasteiger partial charge in [0, 0.05) is 27.7 Å². The van der Waals surface area contributed by atoms with Crippen molar-refractivity contribution in [1.82, 2.24) is 0 Å². The molecule has 0 heterocycles. The van der Waals surface area contributed by atoms with E-state index in [1.165, 1.54) is 0 Å². The number of hydrogen-bond acceptors (Lipinski definition) is 3. The third-order valence-electron chi connectivity index (χ3n) is 0.536. The van der Waals surface area contributed by atoms with E-state index in [2.05, 4.69) is 11.7 Å². The minimum atomic E-state index is -1.05. The number of carboxylic acids is 1. The van der Waals surface area contributed by atoms with Gasteiger partial charge >= 0.3 is 5.97 Å². The number of aliphatic hydroxyl groups is 1. The standard InChI is InChI=1S/C5H9O4.Hg/c1-4(6)2-9-3-5(7)8;/h4,6H,1-3H2,(H,7,8);. The molecule has 1 radical (unpaired) electrons. The summed E-state index contributed by atoms with van der Waals surface area (Å²) in [6.07, 6.45) is -0.843. The van der Waals surface area contributed by atoms with E-state index in [-0.39, 0.29) is 40.9 Å². The second-order valence-corrected chi connectivity index (χ2v) is 1.56. The van der Waals surface area contributed by atoms with Crippen molar-refractivity contribution in [2.45, 2.75) is 6.10 Å². The summed E-state index contributed by atoms with van der Waals surface area (Å²) in [7, 11) is 0. The van der Waals surface area contributed by atoms with Gasteiger partial charge in [-0.05, 0) is 6.92 Å². The van der Waals surface area contributed by atoms with Gasteiger partial charge in [-0.25, -0.2) is 4.79 Å². The third kappa shape index (κ3) is 11.2. The van der Waals surface area contributed by atoms with Crippen LogP contribution in [0.5, 0.6) is 0 Å². The molecule has 4 nitrogen and oxygen atoms in total. The molecular weight excluding hydrogens is 325 g/mol. The van der Waals surface area contributed by atoms with Gasteiger partial charge in [0.15, 0.2) is 0 Å². The van der Waals surface area contributed by atoms with Gasteiger partial charge in [-0.15, -0.1) is 0 Å². The molecule has 0 aliphatic heterocycles. The topological polar surface area (TPSA) is 66.8 Å². The Morgan fingerprint density at radius 3 is 2.50 bits per heavy atom. The van der Waals surface area contributed by atoms with Crippen molar-refractivity contribution in [1.29, 1.82) is 0 Å². The van der Waals surface area contributed by atoms with Crippen LogP contribution in [-0.2, 0) is 37.2 Å². The third-order valence-corrected chi connectivity index (χ3v) is 0.536. The molecule has 0 amide bonds. The van der Waals surface area contributed by atoms with Crippen molar-refractivity contribution >= 4 is 5.97 Å². The van der Waals surface area contributed by atoms with Gasteiger partial charge in [-0.1, -0.05) is 0 Å². The van der Waals surface area contributed by atoms with E-state index in [9.17, 15) is 4.79 Å². The molecule has 0 aromatic rings. The summed E-state index contributed by atoms with van der Waals surface area (Å²) in [6.45, 7) is 2.76. The van der Waals surface area contributed by atoms with Crippen LogP contribution < -0.4 is 0 Å². The Bertz CT molecular complexity index is 93.6. The molecule has 0 spiro atoms. The smallest absolute Gasteiger partial charge is 0.329 e. The van der Waals surface area contributed by atoms with E-state index in [4.69, 9.17) is 10.2 Å². The molecule has 0 saturated carbocycles. The van der Waals surface area contributed by atoms with Gasteiger partial charge in [0.2, 0.25) is 0 Å². The van der Waals surface area contributed by atoms with Crippen molar-refractivity contribution in [3.05, 3.63) is 6.92 Å². The van der Waals surface area contributed by atoms with Crippen LogP contribution in [0.4, 0.5) is 0 Å². The molecule has 0 aliphatic rings. The molecule has 0 saturated heterocycles. The number of aliphatic carboxylic acids is 1. The molecule has 10 heavy (non-hydrogen) atoms. The number of aliphatic hydroxyl groups excluding tert-OH is 1. The molecular formula is C5H9HgO4. The fourth-order valence-corrected chi connectivity index (χ4v) is 0.282. The predicted molar refractivity (Wildman–Crippen MR) is 29.8 cm³/mol. The number of carbonyl (C=O) groups is 1. The van der Waals surface area contributed by atoms with E-state index in [0.717, 1.165) is 0 Å². The molecule has 2 N–H and O–H groups in total. The minimum absolute atomic E-state index is 0. The minimum Gasteiger partial charge on any atom is -0.480 e. The second-order valence-electron chi connectivity index (χ2n) is 1.56. The average molecular weight is 334 g/mol. The Morgan fingerprint density at radius 2 is 2.20 bits per heavy atom. The average Bonchev–Trinajstić information content (AvgIpc) is 1.63. The van der Waals surface area contributed by atoms with Gasteiger partial charge in [0.25, 0.3) is 0 Å². The Balaban J connectivity index is 0. The van der Waals surface area contributed by atoms with Crippen LogP contribution in [0.25, 0.3) is 0 Å². The predicted octanol–water partition coefficient (Wildman–Crippen LogP) is -0.720. The molecule has 0 bridgehead atoms. The molecule has 0 aliphatic carbocycles. The first-order valence-electron chi connectivity index (χ1n) is 2.43. The summed E-state index contributed by atoms with van der Waals surface area (Å²) in [5.41, 5.74) is 0. The van der Waals surface area contributed by atoms with Crippen molar-refractivity contribution in [2.75, 3.05) is 13.2 Å². The van der Waals surface area contributed by atoms with Crippen LogP contribution in [0.2, 0.25) is 0 Å². The van der Waals surface area contributed by atoms with Crippen LogP contribution >= 0.6 is 0 Å². The SMILES string of the molecule is [CH2]C(O)COCC(=O)O.[Hg]. The largest absolute Gasteiger partial charge is 0.480 e. The molecule has 0 aromatic heterocycles. The zero-order valence-electron chi connectivity index (χ0n) is 5.62. The molecule has 1 atom stereocenters. The maximum absolute atomic E-state index is 9.75. The van der Waals surface area contributed by atoms with Gasteiger partial charge < -0.3 is 14.9 Å². The Morgan fingerprint density at radius 1 is 1.70 bits per heavy atom. The van der Waals surface area contributed by atoms with Gasteiger partial charge in [0.05, 0.1) is 12.7 Å². The van der Waals surface area contributed by atoms with Crippen molar-refractivity contribution in [2.24, 2.45) is 0 Å². The van der Waals surface area contributed by atoms with E-state index in [1.807, 2.05) is 0 Å². The van der Waals surface area contributed by atoms with Crippen LogP contribution in [0.3, 0.4) is 0 Å². The Kier molecular flexibility index (Phi) is 9.63. The molecule has 0 aromatic carbocycles. The Labute approximate surface area is 79.7 Å². The number of ether oxygens (including phenoxy) is 1. The maximum Gasteiger partial charge on any atom is 0.329 e. The summed E-state index contributed by atoms with van der Waals surface area (Å²) >= 11 is 0. The van der Waals surface area contributed by atoms with Crippen molar-refractivity contribution < 1.29 is 47.4 Å². The van der Waals surface area contributed by atoms with Gasteiger partial charge in [0.1, 0.15) is 6.61 Å². The van der Waals surface area contributed by atoms with Crippen molar-refractivity contribution in [3.63, 3.8) is 0 Å².